The van der Waals surface area contributed by atoms with Gasteiger partial charge in [0.1, 0.15) is 11.2 Å². The third kappa shape index (κ3) is 3.45. The maximum Gasteiger partial charge on any atom is 0.255 e. The molecule has 1 heterocycles. The summed E-state index contributed by atoms with van der Waals surface area (Å²) in [6.45, 7) is 0. The number of fused-ring (bicyclic) bond motifs is 3. The molecule has 0 bridgehead atoms. The molecule has 0 amide bonds. The lowest BCUT2D eigenvalue weighted by molar-refractivity contribution is 0.609. The highest BCUT2D eigenvalue weighted by Gasteiger charge is 2.10. The molecule has 0 saturated carbocycles. The zero-order chi connectivity index (χ0) is 18.1. The van der Waals surface area contributed by atoms with Gasteiger partial charge in [0, 0.05) is 21.9 Å². The zero-order valence-electron chi connectivity index (χ0n) is 13.5. The van der Waals surface area contributed by atoms with E-state index in [4.69, 9.17) is 16.0 Å². The second kappa shape index (κ2) is 6.52. The van der Waals surface area contributed by atoms with Crippen LogP contribution in [0.25, 0.3) is 28.0 Å². The number of sulfonamides is 1. The SMILES string of the molecule is O=S(=O)(/C=C/c1ccc(Cl)cc1)Nc1ccc2c(c1)oc1ccccc12. The van der Waals surface area contributed by atoms with Gasteiger partial charge in [0.15, 0.2) is 0 Å². The molecule has 4 rings (SSSR count). The highest BCUT2D eigenvalue weighted by atomic mass is 35.5. The second-order valence-electron chi connectivity index (χ2n) is 5.81. The van der Waals surface area contributed by atoms with E-state index in [-0.39, 0.29) is 0 Å². The molecule has 0 saturated heterocycles. The molecule has 4 nitrogen and oxygen atoms in total. The van der Waals surface area contributed by atoms with E-state index in [1.807, 2.05) is 30.3 Å². The van der Waals surface area contributed by atoms with Crippen molar-refractivity contribution in [2.75, 3.05) is 4.72 Å². The van der Waals surface area contributed by atoms with Crippen LogP contribution < -0.4 is 4.72 Å². The van der Waals surface area contributed by atoms with Gasteiger partial charge in [0.2, 0.25) is 0 Å². The lowest BCUT2D eigenvalue weighted by Gasteiger charge is -2.04. The van der Waals surface area contributed by atoms with Gasteiger partial charge in [-0.1, -0.05) is 41.9 Å². The molecule has 0 atom stereocenters. The standard InChI is InChI=1S/C20H14ClNO3S/c21-15-7-5-14(6-8-15)11-12-26(23,24)22-16-9-10-18-17-3-1-2-4-19(17)25-20(18)13-16/h1-13,22H/b12-11+. The van der Waals surface area contributed by atoms with Crippen molar-refractivity contribution in [1.29, 1.82) is 0 Å². The smallest absolute Gasteiger partial charge is 0.255 e. The molecule has 0 spiro atoms. The van der Waals surface area contributed by atoms with Gasteiger partial charge in [0.05, 0.1) is 11.1 Å². The van der Waals surface area contributed by atoms with E-state index in [0.717, 1.165) is 27.3 Å². The van der Waals surface area contributed by atoms with Crippen LogP contribution in [-0.4, -0.2) is 8.42 Å². The summed E-state index contributed by atoms with van der Waals surface area (Å²) in [6.07, 6.45) is 1.51. The van der Waals surface area contributed by atoms with E-state index in [2.05, 4.69) is 4.72 Å². The fraction of sp³-hybridized carbons (Fsp3) is 0. The summed E-state index contributed by atoms with van der Waals surface area (Å²) in [4.78, 5) is 0. The van der Waals surface area contributed by atoms with Crippen LogP contribution in [0.4, 0.5) is 5.69 Å². The number of anilines is 1. The molecule has 6 heteroatoms. The minimum absolute atomic E-state index is 0.442. The average molecular weight is 384 g/mol. The predicted octanol–water partition coefficient (Wildman–Crippen LogP) is 5.65. The molecule has 0 aliphatic carbocycles. The van der Waals surface area contributed by atoms with E-state index in [0.29, 0.717) is 16.3 Å². The highest BCUT2D eigenvalue weighted by Crippen LogP contribution is 2.30. The Morgan fingerprint density at radius 2 is 1.62 bits per heavy atom. The largest absolute Gasteiger partial charge is 0.456 e. The van der Waals surface area contributed by atoms with Crippen LogP contribution in [0.2, 0.25) is 5.02 Å². The van der Waals surface area contributed by atoms with Gasteiger partial charge in [-0.3, -0.25) is 4.72 Å². The minimum Gasteiger partial charge on any atom is -0.456 e. The Hall–Kier alpha value is -2.76. The first-order valence-electron chi connectivity index (χ1n) is 7.88. The Morgan fingerprint density at radius 1 is 0.885 bits per heavy atom. The first kappa shape index (κ1) is 16.7. The number of furan rings is 1. The van der Waals surface area contributed by atoms with Gasteiger partial charge < -0.3 is 4.42 Å². The molecule has 0 aliphatic rings. The Balaban J connectivity index is 1.61. The van der Waals surface area contributed by atoms with Crippen LogP contribution in [0.3, 0.4) is 0 Å². The summed E-state index contributed by atoms with van der Waals surface area (Å²) in [5.41, 5.74) is 2.59. The quantitative estimate of drug-likeness (QED) is 0.495. The number of hydrogen-bond donors (Lipinski definition) is 1. The molecule has 0 unspecified atom stereocenters. The van der Waals surface area contributed by atoms with Gasteiger partial charge in [-0.05, 0) is 42.0 Å². The van der Waals surface area contributed by atoms with Crippen molar-refractivity contribution < 1.29 is 12.8 Å². The fourth-order valence-corrected chi connectivity index (χ4v) is 3.72. The molecular weight excluding hydrogens is 370 g/mol. The van der Waals surface area contributed by atoms with Crippen LogP contribution in [-0.2, 0) is 10.0 Å². The van der Waals surface area contributed by atoms with E-state index >= 15 is 0 Å². The maximum absolute atomic E-state index is 12.3. The van der Waals surface area contributed by atoms with Crippen molar-refractivity contribution in [2.45, 2.75) is 0 Å². The molecule has 4 aromatic rings. The van der Waals surface area contributed by atoms with E-state index < -0.39 is 10.0 Å². The van der Waals surface area contributed by atoms with Crippen LogP contribution in [0.5, 0.6) is 0 Å². The molecule has 3 aromatic carbocycles. The number of nitrogens with one attached hydrogen (secondary N) is 1. The van der Waals surface area contributed by atoms with Crippen molar-refractivity contribution in [3.05, 3.63) is 82.7 Å². The number of benzene rings is 3. The predicted molar refractivity (Wildman–Crippen MR) is 107 cm³/mol. The highest BCUT2D eigenvalue weighted by molar-refractivity contribution is 7.95. The molecule has 0 radical (unpaired) electrons. The minimum atomic E-state index is -3.65. The Labute approximate surface area is 155 Å². The number of hydrogen-bond acceptors (Lipinski definition) is 3. The molecule has 1 aromatic heterocycles. The normalized spacial score (nSPS) is 12.2. The molecule has 1 N–H and O–H groups in total. The Morgan fingerprint density at radius 3 is 2.42 bits per heavy atom. The number of para-hydroxylation sites is 1. The van der Waals surface area contributed by atoms with Gasteiger partial charge >= 0.3 is 0 Å². The van der Waals surface area contributed by atoms with Crippen molar-refractivity contribution in [1.82, 2.24) is 0 Å². The number of rotatable bonds is 4. The topological polar surface area (TPSA) is 59.3 Å². The molecule has 0 aliphatic heterocycles. The molecule has 26 heavy (non-hydrogen) atoms. The summed E-state index contributed by atoms with van der Waals surface area (Å²) in [7, 11) is -3.65. The Kier molecular flexibility index (Phi) is 4.18. The van der Waals surface area contributed by atoms with Crippen molar-refractivity contribution in [2.24, 2.45) is 0 Å². The summed E-state index contributed by atoms with van der Waals surface area (Å²) in [6, 6.07) is 19.8. The third-order valence-electron chi connectivity index (χ3n) is 3.95. The van der Waals surface area contributed by atoms with Crippen LogP contribution in [0, 0.1) is 0 Å². The van der Waals surface area contributed by atoms with Gasteiger partial charge in [-0.15, -0.1) is 0 Å². The molecule has 0 fully saturated rings. The van der Waals surface area contributed by atoms with Crippen molar-refractivity contribution in [3.8, 4) is 0 Å². The molecular formula is C20H14ClNO3S. The molecule has 130 valence electrons. The van der Waals surface area contributed by atoms with E-state index in [1.54, 1.807) is 36.4 Å². The monoisotopic (exact) mass is 383 g/mol. The van der Waals surface area contributed by atoms with Crippen LogP contribution in [0.15, 0.2) is 76.6 Å². The summed E-state index contributed by atoms with van der Waals surface area (Å²) >= 11 is 5.82. The third-order valence-corrected chi connectivity index (χ3v) is 5.22. The first-order chi connectivity index (χ1) is 12.5. The van der Waals surface area contributed by atoms with Gasteiger partial charge in [-0.2, -0.15) is 0 Å². The summed E-state index contributed by atoms with van der Waals surface area (Å²) in [5, 5.41) is 3.67. The van der Waals surface area contributed by atoms with Crippen LogP contribution in [0.1, 0.15) is 5.56 Å². The summed E-state index contributed by atoms with van der Waals surface area (Å²) < 4.78 is 32.9. The zero-order valence-corrected chi connectivity index (χ0v) is 15.1. The van der Waals surface area contributed by atoms with E-state index in [1.165, 1.54) is 6.08 Å². The van der Waals surface area contributed by atoms with Gasteiger partial charge in [-0.25, -0.2) is 8.42 Å². The Bertz CT molecular complexity index is 1230. The van der Waals surface area contributed by atoms with Crippen molar-refractivity contribution >= 4 is 55.3 Å². The lowest BCUT2D eigenvalue weighted by Crippen LogP contribution is -2.08. The first-order valence-corrected chi connectivity index (χ1v) is 9.80. The summed E-state index contributed by atoms with van der Waals surface area (Å²) in [5.74, 6) is 0. The van der Waals surface area contributed by atoms with E-state index in [9.17, 15) is 8.42 Å². The average Bonchev–Trinajstić information content (AvgIpc) is 2.98. The van der Waals surface area contributed by atoms with Gasteiger partial charge in [0.25, 0.3) is 10.0 Å². The van der Waals surface area contributed by atoms with Crippen LogP contribution >= 0.6 is 11.6 Å². The number of halogens is 1. The van der Waals surface area contributed by atoms with Crippen molar-refractivity contribution in [3.63, 3.8) is 0 Å². The maximum atomic E-state index is 12.3. The second-order valence-corrected chi connectivity index (χ2v) is 7.81. The lowest BCUT2D eigenvalue weighted by atomic mass is 10.1. The fourth-order valence-electron chi connectivity index (χ4n) is 2.73.